The average molecular weight is 341 g/mol. The lowest BCUT2D eigenvalue weighted by Gasteiger charge is -2.12. The van der Waals surface area contributed by atoms with Crippen molar-refractivity contribution in [1.29, 1.82) is 0 Å². The van der Waals surface area contributed by atoms with Gasteiger partial charge in [0.15, 0.2) is 5.96 Å². The lowest BCUT2D eigenvalue weighted by Crippen LogP contribution is -2.37. The fourth-order valence-corrected chi connectivity index (χ4v) is 2.27. The fraction of sp³-hybridized carbons (Fsp3) is 0.350. The van der Waals surface area contributed by atoms with Gasteiger partial charge in [-0.2, -0.15) is 0 Å². The second-order valence-electron chi connectivity index (χ2n) is 5.62. The monoisotopic (exact) mass is 341 g/mol. The third-order valence-electron chi connectivity index (χ3n) is 3.67. The first kappa shape index (κ1) is 18.8. The van der Waals surface area contributed by atoms with Gasteiger partial charge in [0.2, 0.25) is 0 Å². The van der Waals surface area contributed by atoms with Crippen LogP contribution in [0, 0.1) is 0 Å². The van der Waals surface area contributed by atoms with E-state index in [4.69, 9.17) is 9.47 Å². The van der Waals surface area contributed by atoms with Gasteiger partial charge in [-0.05, 0) is 29.7 Å². The maximum atomic E-state index is 5.80. The zero-order chi connectivity index (χ0) is 17.7. The number of benzene rings is 2. The number of ether oxygens (including phenoxy) is 2. The van der Waals surface area contributed by atoms with Crippen molar-refractivity contribution in [2.75, 3.05) is 27.3 Å². The second kappa shape index (κ2) is 11.1. The third-order valence-corrected chi connectivity index (χ3v) is 3.67. The van der Waals surface area contributed by atoms with Crippen LogP contribution in [0.3, 0.4) is 0 Å². The van der Waals surface area contributed by atoms with E-state index in [1.165, 1.54) is 5.56 Å². The molecule has 0 saturated carbocycles. The molecule has 134 valence electrons. The van der Waals surface area contributed by atoms with E-state index >= 15 is 0 Å². The van der Waals surface area contributed by atoms with E-state index in [0.29, 0.717) is 13.2 Å². The highest BCUT2D eigenvalue weighted by Crippen LogP contribution is 2.14. The van der Waals surface area contributed by atoms with Gasteiger partial charge in [0.05, 0.1) is 0 Å². The van der Waals surface area contributed by atoms with Crippen LogP contribution in [0.2, 0.25) is 0 Å². The third kappa shape index (κ3) is 7.27. The minimum absolute atomic E-state index is 0.580. The Morgan fingerprint density at radius 2 is 1.72 bits per heavy atom. The molecular formula is C20H27N3O2. The van der Waals surface area contributed by atoms with Crippen LogP contribution in [-0.4, -0.2) is 33.3 Å². The van der Waals surface area contributed by atoms with E-state index in [9.17, 15) is 0 Å². The molecule has 0 heterocycles. The predicted octanol–water partition coefficient (Wildman–Crippen LogP) is 2.97. The summed E-state index contributed by atoms with van der Waals surface area (Å²) in [6, 6.07) is 18.3. The van der Waals surface area contributed by atoms with Crippen molar-refractivity contribution in [2.24, 2.45) is 4.99 Å². The zero-order valence-electron chi connectivity index (χ0n) is 15.0. The summed E-state index contributed by atoms with van der Waals surface area (Å²) in [6.07, 6.45) is 0.949. The zero-order valence-corrected chi connectivity index (χ0v) is 15.0. The van der Waals surface area contributed by atoms with Gasteiger partial charge in [-0.15, -0.1) is 0 Å². The van der Waals surface area contributed by atoms with Crippen molar-refractivity contribution in [1.82, 2.24) is 10.6 Å². The van der Waals surface area contributed by atoms with E-state index in [2.05, 4.69) is 39.9 Å². The van der Waals surface area contributed by atoms with Crippen molar-refractivity contribution < 1.29 is 9.47 Å². The molecule has 2 N–H and O–H groups in total. The van der Waals surface area contributed by atoms with Crippen molar-refractivity contribution in [3.05, 3.63) is 65.7 Å². The Labute approximate surface area is 150 Å². The molecule has 5 nitrogen and oxygen atoms in total. The molecule has 0 aliphatic rings. The highest BCUT2D eigenvalue weighted by Gasteiger charge is 2.00. The SMILES string of the molecule is CN=C(NCCCOC)NCc1ccc(OCc2ccccc2)cc1. The van der Waals surface area contributed by atoms with Gasteiger partial charge >= 0.3 is 0 Å². The molecule has 2 aromatic rings. The Balaban J connectivity index is 1.74. The number of nitrogens with zero attached hydrogens (tertiary/aromatic N) is 1. The van der Waals surface area contributed by atoms with Crippen LogP contribution in [0.5, 0.6) is 5.75 Å². The first-order valence-electron chi connectivity index (χ1n) is 8.51. The highest BCUT2D eigenvalue weighted by molar-refractivity contribution is 5.79. The fourth-order valence-electron chi connectivity index (χ4n) is 2.27. The Kier molecular flexibility index (Phi) is 8.35. The normalized spacial score (nSPS) is 11.2. The molecule has 2 aromatic carbocycles. The summed E-state index contributed by atoms with van der Waals surface area (Å²) in [5.74, 6) is 1.66. The first-order valence-corrected chi connectivity index (χ1v) is 8.51. The average Bonchev–Trinajstić information content (AvgIpc) is 2.67. The van der Waals surface area contributed by atoms with E-state index in [-0.39, 0.29) is 0 Å². The van der Waals surface area contributed by atoms with Gasteiger partial charge < -0.3 is 20.1 Å². The maximum absolute atomic E-state index is 5.80. The van der Waals surface area contributed by atoms with Crippen LogP contribution < -0.4 is 15.4 Å². The van der Waals surface area contributed by atoms with Crippen LogP contribution in [0.25, 0.3) is 0 Å². The van der Waals surface area contributed by atoms with Gasteiger partial charge in [-0.25, -0.2) is 0 Å². The Morgan fingerprint density at radius 1 is 0.960 bits per heavy atom. The van der Waals surface area contributed by atoms with Gasteiger partial charge in [0.25, 0.3) is 0 Å². The van der Waals surface area contributed by atoms with Crippen LogP contribution in [0.4, 0.5) is 0 Å². The van der Waals surface area contributed by atoms with Crippen molar-refractivity contribution in [3.8, 4) is 5.75 Å². The van der Waals surface area contributed by atoms with Crippen molar-refractivity contribution in [2.45, 2.75) is 19.6 Å². The highest BCUT2D eigenvalue weighted by atomic mass is 16.5. The second-order valence-corrected chi connectivity index (χ2v) is 5.62. The molecule has 25 heavy (non-hydrogen) atoms. The predicted molar refractivity (Wildman–Crippen MR) is 102 cm³/mol. The van der Waals surface area contributed by atoms with Crippen LogP contribution in [0.15, 0.2) is 59.6 Å². The lowest BCUT2D eigenvalue weighted by atomic mass is 10.2. The largest absolute Gasteiger partial charge is 0.489 e. The molecule has 5 heteroatoms. The quantitative estimate of drug-likeness (QED) is 0.418. The molecule has 0 aromatic heterocycles. The lowest BCUT2D eigenvalue weighted by molar-refractivity contribution is 0.195. The smallest absolute Gasteiger partial charge is 0.191 e. The van der Waals surface area contributed by atoms with Crippen LogP contribution >= 0.6 is 0 Å². The summed E-state index contributed by atoms with van der Waals surface area (Å²) in [5.41, 5.74) is 2.34. The van der Waals surface area contributed by atoms with Crippen LogP contribution in [-0.2, 0) is 17.9 Å². The summed E-state index contributed by atoms with van der Waals surface area (Å²) in [6.45, 7) is 2.87. The number of hydrogen-bond donors (Lipinski definition) is 2. The topological polar surface area (TPSA) is 54.9 Å². The molecule has 0 spiro atoms. The summed E-state index contributed by atoms with van der Waals surface area (Å²) in [5, 5.41) is 6.56. The molecule has 0 amide bonds. The van der Waals surface area contributed by atoms with Crippen molar-refractivity contribution in [3.63, 3.8) is 0 Å². The summed E-state index contributed by atoms with van der Waals surface area (Å²) in [7, 11) is 3.48. The molecule has 0 saturated heterocycles. The van der Waals surface area contributed by atoms with Crippen LogP contribution in [0.1, 0.15) is 17.5 Å². The molecule has 0 unspecified atom stereocenters. The molecule has 0 aliphatic carbocycles. The summed E-state index contributed by atoms with van der Waals surface area (Å²) in [4.78, 5) is 4.21. The Morgan fingerprint density at radius 3 is 2.40 bits per heavy atom. The number of nitrogens with one attached hydrogen (secondary N) is 2. The van der Waals surface area contributed by atoms with E-state index in [1.54, 1.807) is 14.2 Å². The number of aliphatic imine (C=N–C) groups is 1. The number of guanidine groups is 1. The van der Waals surface area contributed by atoms with Gasteiger partial charge in [0, 0.05) is 33.9 Å². The number of rotatable bonds is 9. The van der Waals surface area contributed by atoms with Gasteiger partial charge in [-0.1, -0.05) is 42.5 Å². The Hall–Kier alpha value is -2.53. The molecule has 0 atom stereocenters. The minimum Gasteiger partial charge on any atom is -0.489 e. The first-order chi connectivity index (χ1) is 12.3. The maximum Gasteiger partial charge on any atom is 0.191 e. The molecular weight excluding hydrogens is 314 g/mol. The number of methoxy groups -OCH3 is 1. The van der Waals surface area contributed by atoms with Crippen molar-refractivity contribution >= 4 is 5.96 Å². The summed E-state index contributed by atoms with van der Waals surface area (Å²) >= 11 is 0. The van der Waals surface area contributed by atoms with Gasteiger partial charge in [0.1, 0.15) is 12.4 Å². The number of hydrogen-bond acceptors (Lipinski definition) is 3. The van der Waals surface area contributed by atoms with E-state index in [0.717, 1.165) is 36.8 Å². The summed E-state index contributed by atoms with van der Waals surface area (Å²) < 4.78 is 10.8. The van der Waals surface area contributed by atoms with Gasteiger partial charge in [-0.3, -0.25) is 4.99 Å². The van der Waals surface area contributed by atoms with E-state index in [1.807, 2.05) is 30.3 Å². The molecule has 0 radical (unpaired) electrons. The molecule has 2 rings (SSSR count). The molecule has 0 aliphatic heterocycles. The molecule has 0 bridgehead atoms. The Bertz CT molecular complexity index is 627. The minimum atomic E-state index is 0.580. The molecule has 0 fully saturated rings. The van der Waals surface area contributed by atoms with E-state index < -0.39 is 0 Å². The standard InChI is InChI=1S/C20H27N3O2/c1-21-20(22-13-6-14-24-2)23-15-17-9-11-19(12-10-17)25-16-18-7-4-3-5-8-18/h3-5,7-12H,6,13-16H2,1-2H3,(H2,21,22,23).